The summed E-state index contributed by atoms with van der Waals surface area (Å²) in [5.41, 5.74) is 2.78. The molecule has 0 N–H and O–H groups in total. The minimum atomic E-state index is -0.405. The van der Waals surface area contributed by atoms with Gasteiger partial charge in [-0.25, -0.2) is 0 Å². The Hall–Kier alpha value is -1.38. The Morgan fingerprint density at radius 2 is 1.56 bits per heavy atom. The SMILES string of the molecule is CCCCCc1ccc(C2CCC(C(=O)OSF)CC2)cc1.F.F.F.F.F. The van der Waals surface area contributed by atoms with E-state index < -0.39 is 5.97 Å². The van der Waals surface area contributed by atoms with Gasteiger partial charge >= 0.3 is 5.97 Å². The van der Waals surface area contributed by atoms with Crippen molar-refractivity contribution in [3.8, 4) is 0 Å². The van der Waals surface area contributed by atoms with E-state index in [-0.39, 0.29) is 41.9 Å². The monoisotopic (exact) mass is 424 g/mol. The second-order valence-corrected chi connectivity index (χ2v) is 6.51. The molecule has 1 aliphatic rings. The van der Waals surface area contributed by atoms with Gasteiger partial charge in [-0.2, -0.15) is 0 Å². The molecule has 0 unspecified atom stereocenters. The molecule has 0 heterocycles. The maximum absolute atomic E-state index is 12.0. The Kier molecular flexibility index (Phi) is 22.2. The molecule has 0 amide bonds. The molecule has 0 bridgehead atoms. The maximum Gasteiger partial charge on any atom is 0.323 e. The van der Waals surface area contributed by atoms with E-state index in [0.29, 0.717) is 5.92 Å². The molecule has 0 spiro atoms. The van der Waals surface area contributed by atoms with Gasteiger partial charge in [-0.15, -0.1) is 3.89 Å². The topological polar surface area (TPSA) is 26.3 Å². The Labute approximate surface area is 161 Å². The zero-order valence-electron chi connectivity index (χ0n) is 15.3. The van der Waals surface area contributed by atoms with Crippen LogP contribution in [-0.4, -0.2) is 5.97 Å². The first-order chi connectivity index (χ1) is 10.7. The average molecular weight is 424 g/mol. The van der Waals surface area contributed by atoms with Crippen molar-refractivity contribution in [1.29, 1.82) is 0 Å². The molecule has 1 saturated carbocycles. The highest BCUT2D eigenvalue weighted by molar-refractivity contribution is 7.89. The smallest absolute Gasteiger partial charge is 0.323 e. The van der Waals surface area contributed by atoms with Crippen molar-refractivity contribution in [2.75, 3.05) is 0 Å². The third-order valence-corrected chi connectivity index (χ3v) is 4.92. The lowest BCUT2D eigenvalue weighted by molar-refractivity contribution is -0.138. The van der Waals surface area contributed by atoms with Crippen molar-refractivity contribution in [2.45, 2.75) is 64.2 Å². The van der Waals surface area contributed by atoms with E-state index in [1.807, 2.05) is 0 Å². The van der Waals surface area contributed by atoms with Crippen molar-refractivity contribution >= 4 is 18.4 Å². The van der Waals surface area contributed by atoms with E-state index in [9.17, 15) is 8.68 Å². The molecule has 27 heavy (non-hydrogen) atoms. The Bertz CT molecular complexity index is 467. The summed E-state index contributed by atoms with van der Waals surface area (Å²) in [6, 6.07) is 8.96. The van der Waals surface area contributed by atoms with Crippen LogP contribution in [0.4, 0.5) is 27.4 Å². The second kappa shape index (κ2) is 18.0. The molecule has 0 saturated heterocycles. The van der Waals surface area contributed by atoms with E-state index in [1.54, 1.807) is 0 Å². The van der Waals surface area contributed by atoms with E-state index in [1.165, 1.54) is 30.4 Å². The van der Waals surface area contributed by atoms with Crippen LogP contribution in [0.1, 0.15) is 68.9 Å². The number of carbonyl (C=O) groups excluding carboxylic acids is 1. The van der Waals surface area contributed by atoms with Crippen molar-refractivity contribution in [3.63, 3.8) is 0 Å². The molecule has 0 atom stereocenters. The molecule has 0 aliphatic heterocycles. The van der Waals surface area contributed by atoms with Crippen LogP contribution in [0.15, 0.2) is 24.3 Å². The van der Waals surface area contributed by atoms with Gasteiger partial charge < -0.3 is 4.18 Å². The lowest BCUT2D eigenvalue weighted by atomic mass is 9.78. The highest BCUT2D eigenvalue weighted by Gasteiger charge is 2.28. The summed E-state index contributed by atoms with van der Waals surface area (Å²) in [7, 11) is 0. The Morgan fingerprint density at radius 3 is 2.04 bits per heavy atom. The lowest BCUT2D eigenvalue weighted by Gasteiger charge is -2.27. The van der Waals surface area contributed by atoms with Crippen LogP contribution in [0.25, 0.3) is 0 Å². The quantitative estimate of drug-likeness (QED) is 0.283. The van der Waals surface area contributed by atoms with E-state index >= 15 is 0 Å². The summed E-state index contributed by atoms with van der Waals surface area (Å²) in [5.74, 6) is -0.0168. The van der Waals surface area contributed by atoms with Crippen LogP contribution in [0, 0.1) is 5.92 Å². The molecule has 1 aliphatic carbocycles. The van der Waals surface area contributed by atoms with Crippen molar-refractivity contribution in [3.05, 3.63) is 35.4 Å². The van der Waals surface area contributed by atoms with Gasteiger partial charge in [-0.05, 0) is 55.6 Å². The van der Waals surface area contributed by atoms with Crippen LogP contribution < -0.4 is 0 Å². The summed E-state index contributed by atoms with van der Waals surface area (Å²) >= 11 is -0.339. The third kappa shape index (κ3) is 10.5. The molecule has 2 rings (SSSR count). The fourth-order valence-corrected chi connectivity index (χ4v) is 3.50. The number of unbranched alkanes of at least 4 members (excludes halogenated alkanes) is 2. The van der Waals surface area contributed by atoms with Crippen LogP contribution >= 0.6 is 12.4 Å². The average Bonchev–Trinajstić information content (AvgIpc) is 2.56. The van der Waals surface area contributed by atoms with Gasteiger partial charge in [-0.3, -0.25) is 28.3 Å². The second-order valence-electron chi connectivity index (χ2n) is 6.21. The standard InChI is InChI=1S/C18H25FO2S.5FH/c1-2-3-4-5-14-6-8-15(9-7-14)16-10-12-17(13-11-16)18(20)21-22-19;;;;;/h6-9,16-17H,2-5,10-13H2,1H3;5*1H. The van der Waals surface area contributed by atoms with Crippen LogP contribution in [-0.2, 0) is 15.4 Å². The van der Waals surface area contributed by atoms with Crippen LogP contribution in [0.5, 0.6) is 0 Å². The van der Waals surface area contributed by atoms with Crippen LogP contribution in [0.2, 0.25) is 0 Å². The van der Waals surface area contributed by atoms with Crippen molar-refractivity contribution in [2.24, 2.45) is 5.92 Å². The van der Waals surface area contributed by atoms with Crippen molar-refractivity contribution < 1.29 is 36.4 Å². The van der Waals surface area contributed by atoms with Gasteiger partial charge in [0.1, 0.15) is 0 Å². The first-order valence-electron chi connectivity index (χ1n) is 8.32. The van der Waals surface area contributed by atoms with Gasteiger partial charge in [0.05, 0.1) is 5.92 Å². The number of rotatable bonds is 7. The molecule has 1 aromatic carbocycles. The van der Waals surface area contributed by atoms with Gasteiger partial charge in [0.15, 0.2) is 0 Å². The molecule has 2 nitrogen and oxygen atoms in total. The minimum Gasteiger partial charge on any atom is -0.360 e. The first kappa shape index (κ1) is 33.2. The van der Waals surface area contributed by atoms with Gasteiger partial charge in [0, 0.05) is 0 Å². The highest BCUT2D eigenvalue weighted by Crippen LogP contribution is 2.36. The first-order valence-corrected chi connectivity index (χ1v) is 8.96. The van der Waals surface area contributed by atoms with Gasteiger partial charge in [-0.1, -0.05) is 44.0 Å². The normalized spacial score (nSPS) is 17.6. The largest absolute Gasteiger partial charge is 0.360 e. The molecule has 1 fully saturated rings. The zero-order valence-corrected chi connectivity index (χ0v) is 16.1. The van der Waals surface area contributed by atoms with Crippen LogP contribution in [0.3, 0.4) is 0 Å². The number of carbonyl (C=O) groups is 1. The Morgan fingerprint density at radius 1 is 1.00 bits per heavy atom. The molecule has 9 heteroatoms. The zero-order chi connectivity index (χ0) is 15.8. The molecular formula is C18H30F6O2S. The third-order valence-electron chi connectivity index (χ3n) is 4.69. The predicted octanol–water partition coefficient (Wildman–Crippen LogP) is 6.53. The molecular weight excluding hydrogens is 394 g/mol. The number of halogens is 6. The minimum absolute atomic E-state index is 0. The predicted molar refractivity (Wildman–Crippen MR) is 102 cm³/mol. The summed E-state index contributed by atoms with van der Waals surface area (Å²) in [4.78, 5) is 11.5. The number of aryl methyl sites for hydroxylation is 1. The Balaban J connectivity index is -0.000000529. The summed E-state index contributed by atoms with van der Waals surface area (Å²) in [6.07, 6.45) is 8.51. The fourth-order valence-electron chi connectivity index (χ4n) is 3.30. The van der Waals surface area contributed by atoms with Gasteiger partial charge in [0.2, 0.25) is 0 Å². The number of hydrogen-bond donors (Lipinski definition) is 0. The summed E-state index contributed by atoms with van der Waals surface area (Å²) in [5, 5.41) is 0. The lowest BCUT2D eigenvalue weighted by Crippen LogP contribution is -2.21. The molecule has 0 radical (unpaired) electrons. The summed E-state index contributed by atoms with van der Waals surface area (Å²) < 4.78 is 16.4. The fraction of sp³-hybridized carbons (Fsp3) is 0.611. The summed E-state index contributed by atoms with van der Waals surface area (Å²) in [6.45, 7) is 2.22. The van der Waals surface area contributed by atoms with E-state index in [4.69, 9.17) is 0 Å². The number of hydrogen-bond acceptors (Lipinski definition) is 3. The molecule has 0 aromatic heterocycles. The molecule has 162 valence electrons. The maximum atomic E-state index is 12.0. The van der Waals surface area contributed by atoms with Crippen molar-refractivity contribution in [1.82, 2.24) is 0 Å². The molecule has 1 aromatic rings. The van der Waals surface area contributed by atoms with E-state index in [2.05, 4.69) is 35.4 Å². The van der Waals surface area contributed by atoms with Gasteiger partial charge in [0.25, 0.3) is 12.4 Å². The highest BCUT2D eigenvalue weighted by atomic mass is 32.2. The number of benzene rings is 1. The van der Waals surface area contributed by atoms with E-state index in [0.717, 1.165) is 32.1 Å².